The van der Waals surface area contributed by atoms with Crippen molar-refractivity contribution in [3.8, 4) is 0 Å². The molecule has 0 aliphatic carbocycles. The second-order valence-corrected chi connectivity index (χ2v) is 5.08. The summed E-state index contributed by atoms with van der Waals surface area (Å²) in [6.45, 7) is 4.28. The van der Waals surface area contributed by atoms with Gasteiger partial charge in [-0.15, -0.1) is 5.10 Å². The van der Waals surface area contributed by atoms with Crippen molar-refractivity contribution in [3.05, 3.63) is 40.5 Å². The monoisotopic (exact) mass is 304 g/mol. The maximum atomic E-state index is 11.8. The summed E-state index contributed by atoms with van der Waals surface area (Å²) in [7, 11) is 0. The molecule has 3 aromatic rings. The Bertz CT molecular complexity index is 741. The molecule has 0 aliphatic rings. The van der Waals surface area contributed by atoms with Crippen LogP contribution in [0.25, 0.3) is 0 Å². The summed E-state index contributed by atoms with van der Waals surface area (Å²) in [4.78, 5) is 11.8. The van der Waals surface area contributed by atoms with Crippen LogP contribution in [0.2, 0.25) is 0 Å². The van der Waals surface area contributed by atoms with Crippen LogP contribution in [-0.4, -0.2) is 30.4 Å². The van der Waals surface area contributed by atoms with Gasteiger partial charge in [-0.05, 0) is 25.4 Å². The van der Waals surface area contributed by atoms with Gasteiger partial charge in [-0.25, -0.2) is 0 Å². The Labute approximate surface area is 123 Å². The van der Waals surface area contributed by atoms with Gasteiger partial charge in [0.25, 0.3) is 5.91 Å². The number of nitrogens with one attached hydrogen (secondary N) is 1. The second kappa shape index (κ2) is 5.44. The van der Waals surface area contributed by atoms with E-state index in [0.29, 0.717) is 17.9 Å². The van der Waals surface area contributed by atoms with Gasteiger partial charge in [-0.1, -0.05) is 9.64 Å². The van der Waals surface area contributed by atoms with E-state index in [0.717, 1.165) is 28.6 Å². The molecule has 3 rings (SSSR count). The number of aryl methyl sites for hydroxylation is 2. The first-order valence-corrected chi connectivity index (χ1v) is 7.00. The van der Waals surface area contributed by atoms with Crippen molar-refractivity contribution in [3.63, 3.8) is 0 Å². The molecule has 0 saturated carbocycles. The van der Waals surface area contributed by atoms with E-state index in [1.54, 1.807) is 22.5 Å². The van der Waals surface area contributed by atoms with Crippen LogP contribution in [0.4, 0.5) is 5.69 Å². The van der Waals surface area contributed by atoms with Gasteiger partial charge in [0.2, 0.25) is 0 Å². The van der Waals surface area contributed by atoms with Crippen LogP contribution in [0.1, 0.15) is 27.5 Å². The maximum absolute atomic E-state index is 11.8. The zero-order chi connectivity index (χ0) is 14.8. The molecule has 0 fully saturated rings. The van der Waals surface area contributed by atoms with Crippen molar-refractivity contribution in [1.82, 2.24) is 24.5 Å². The van der Waals surface area contributed by atoms with Crippen molar-refractivity contribution in [2.75, 3.05) is 5.32 Å². The van der Waals surface area contributed by atoms with Gasteiger partial charge < -0.3 is 9.84 Å². The molecule has 0 radical (unpaired) electrons. The minimum absolute atomic E-state index is 0.290. The van der Waals surface area contributed by atoms with E-state index < -0.39 is 0 Å². The lowest BCUT2D eigenvalue weighted by Gasteiger charge is -2.00. The summed E-state index contributed by atoms with van der Waals surface area (Å²) in [5.41, 5.74) is 2.71. The minimum atomic E-state index is -0.305. The third-order valence-corrected chi connectivity index (χ3v) is 3.49. The summed E-state index contributed by atoms with van der Waals surface area (Å²) < 4.78 is 10.5. The summed E-state index contributed by atoms with van der Waals surface area (Å²) in [5.74, 6) is 0.461. The van der Waals surface area contributed by atoms with Gasteiger partial charge in [-0.3, -0.25) is 9.48 Å². The van der Waals surface area contributed by atoms with Crippen LogP contribution in [0.15, 0.2) is 22.3 Å². The molecule has 3 aromatic heterocycles. The maximum Gasteiger partial charge on any atom is 0.277 e. The van der Waals surface area contributed by atoms with Gasteiger partial charge in [0.05, 0.1) is 24.1 Å². The molecule has 3 heterocycles. The van der Waals surface area contributed by atoms with Crippen LogP contribution in [-0.2, 0) is 6.54 Å². The van der Waals surface area contributed by atoms with Gasteiger partial charge >= 0.3 is 0 Å². The number of hydrogen-bond acceptors (Lipinski definition) is 7. The zero-order valence-electron chi connectivity index (χ0n) is 11.4. The first-order chi connectivity index (χ1) is 10.1. The highest BCUT2D eigenvalue weighted by Gasteiger charge is 2.12. The highest BCUT2D eigenvalue weighted by molar-refractivity contribution is 7.03. The standard InChI is InChI=1S/C12H12N6O2S/c1-7-10(8(2)20-16-7)5-18-4-9(3-13-18)14-12(19)11-6-21-17-15-11/h3-4,6H,5H2,1-2H3,(H,14,19). The highest BCUT2D eigenvalue weighted by Crippen LogP contribution is 2.15. The zero-order valence-corrected chi connectivity index (χ0v) is 12.2. The molecule has 0 bridgehead atoms. The largest absolute Gasteiger partial charge is 0.361 e. The number of rotatable bonds is 4. The molecular weight excluding hydrogens is 292 g/mol. The molecule has 1 amide bonds. The fraction of sp³-hybridized carbons (Fsp3) is 0.250. The summed E-state index contributed by atoms with van der Waals surface area (Å²) in [6, 6.07) is 0. The van der Waals surface area contributed by atoms with Crippen LogP contribution in [0.5, 0.6) is 0 Å². The number of carbonyl (C=O) groups is 1. The Hall–Kier alpha value is -2.55. The number of hydrogen-bond donors (Lipinski definition) is 1. The SMILES string of the molecule is Cc1noc(C)c1Cn1cc(NC(=O)c2csnn2)cn1. The normalized spacial score (nSPS) is 10.8. The average molecular weight is 304 g/mol. The Morgan fingerprint density at radius 3 is 3.00 bits per heavy atom. The Morgan fingerprint density at radius 1 is 1.48 bits per heavy atom. The molecule has 0 saturated heterocycles. The van der Waals surface area contributed by atoms with Crippen LogP contribution in [0.3, 0.4) is 0 Å². The van der Waals surface area contributed by atoms with E-state index in [1.165, 1.54) is 0 Å². The molecule has 8 nitrogen and oxygen atoms in total. The van der Waals surface area contributed by atoms with Crippen LogP contribution >= 0.6 is 11.5 Å². The number of carbonyl (C=O) groups excluding carboxylic acids is 1. The fourth-order valence-electron chi connectivity index (χ4n) is 1.86. The van der Waals surface area contributed by atoms with Crippen molar-refractivity contribution in [2.24, 2.45) is 0 Å². The Morgan fingerprint density at radius 2 is 2.33 bits per heavy atom. The molecule has 0 spiro atoms. The predicted molar refractivity (Wildman–Crippen MR) is 75.2 cm³/mol. The van der Waals surface area contributed by atoms with E-state index in [2.05, 4.69) is 25.2 Å². The highest BCUT2D eigenvalue weighted by atomic mass is 32.1. The van der Waals surface area contributed by atoms with Gasteiger partial charge in [-0.2, -0.15) is 5.10 Å². The van der Waals surface area contributed by atoms with Gasteiger partial charge in [0.15, 0.2) is 5.69 Å². The van der Waals surface area contributed by atoms with Crippen LogP contribution < -0.4 is 5.32 Å². The van der Waals surface area contributed by atoms with Crippen molar-refractivity contribution >= 4 is 23.1 Å². The third kappa shape index (κ3) is 2.82. The number of anilines is 1. The number of aromatic nitrogens is 5. The lowest BCUT2D eigenvalue weighted by molar-refractivity contribution is 0.102. The molecule has 0 aliphatic heterocycles. The topological polar surface area (TPSA) is 98.7 Å². The van der Waals surface area contributed by atoms with Crippen molar-refractivity contribution < 1.29 is 9.32 Å². The molecule has 0 aromatic carbocycles. The van der Waals surface area contributed by atoms with E-state index in [9.17, 15) is 4.79 Å². The molecule has 0 unspecified atom stereocenters. The van der Waals surface area contributed by atoms with E-state index in [1.807, 2.05) is 13.8 Å². The summed E-state index contributed by atoms with van der Waals surface area (Å²) in [6.07, 6.45) is 3.32. The summed E-state index contributed by atoms with van der Waals surface area (Å²) in [5, 5.41) is 16.1. The second-order valence-electron chi connectivity index (χ2n) is 4.47. The van der Waals surface area contributed by atoms with E-state index >= 15 is 0 Å². The van der Waals surface area contributed by atoms with E-state index in [-0.39, 0.29) is 5.91 Å². The lowest BCUT2D eigenvalue weighted by atomic mass is 10.2. The molecule has 108 valence electrons. The van der Waals surface area contributed by atoms with Gasteiger partial charge in [0, 0.05) is 17.1 Å². The lowest BCUT2D eigenvalue weighted by Crippen LogP contribution is -2.11. The van der Waals surface area contributed by atoms with E-state index in [4.69, 9.17) is 4.52 Å². The molecule has 0 atom stereocenters. The smallest absolute Gasteiger partial charge is 0.277 e. The first kappa shape index (κ1) is 13.4. The Balaban J connectivity index is 1.71. The molecule has 21 heavy (non-hydrogen) atoms. The quantitative estimate of drug-likeness (QED) is 0.786. The fourth-order valence-corrected chi connectivity index (χ4v) is 2.30. The number of amides is 1. The predicted octanol–water partition coefficient (Wildman–Crippen LogP) is 1.64. The van der Waals surface area contributed by atoms with Crippen LogP contribution in [0, 0.1) is 13.8 Å². The molecular formula is C12H12N6O2S. The average Bonchev–Trinajstić information content (AvgIpc) is 3.17. The van der Waals surface area contributed by atoms with Gasteiger partial charge in [0.1, 0.15) is 5.76 Å². The summed E-state index contributed by atoms with van der Waals surface area (Å²) >= 11 is 1.13. The number of nitrogens with zero attached hydrogens (tertiary/aromatic N) is 5. The van der Waals surface area contributed by atoms with Crippen molar-refractivity contribution in [2.45, 2.75) is 20.4 Å². The Kier molecular flexibility index (Phi) is 3.48. The van der Waals surface area contributed by atoms with Crippen molar-refractivity contribution in [1.29, 1.82) is 0 Å². The molecule has 1 N–H and O–H groups in total. The minimum Gasteiger partial charge on any atom is -0.361 e. The third-order valence-electron chi connectivity index (χ3n) is 2.99. The first-order valence-electron chi connectivity index (χ1n) is 6.16. The molecule has 9 heteroatoms.